The molecule has 0 saturated carbocycles. The first-order valence-corrected chi connectivity index (χ1v) is 8.43. The van der Waals surface area contributed by atoms with Gasteiger partial charge in [0, 0.05) is 24.2 Å². The number of hydrogen-bond acceptors (Lipinski definition) is 3. The van der Waals surface area contributed by atoms with E-state index in [0.717, 1.165) is 12.1 Å². The second kappa shape index (κ2) is 5.71. The third-order valence-corrected chi connectivity index (χ3v) is 5.82. The Morgan fingerprint density at radius 1 is 1.05 bits per heavy atom. The first kappa shape index (κ1) is 13.8. The number of nitrogens with one attached hydrogen (secondary N) is 1. The first-order valence-electron chi connectivity index (χ1n) is 8.43. The van der Waals surface area contributed by atoms with E-state index in [1.807, 2.05) is 0 Å². The van der Waals surface area contributed by atoms with Gasteiger partial charge in [-0.15, -0.1) is 0 Å². The van der Waals surface area contributed by atoms with Crippen molar-refractivity contribution < 1.29 is 0 Å². The Kier molecular flexibility index (Phi) is 4.16. The van der Waals surface area contributed by atoms with Crippen LogP contribution in [0, 0.1) is 0 Å². The third-order valence-electron chi connectivity index (χ3n) is 5.82. The maximum absolute atomic E-state index is 3.77. The van der Waals surface area contributed by atoms with Crippen LogP contribution in [0.4, 0.5) is 0 Å². The number of fused-ring (bicyclic) bond motifs is 1. The van der Waals surface area contributed by atoms with Crippen molar-refractivity contribution in [2.45, 2.75) is 70.0 Å². The highest BCUT2D eigenvalue weighted by Crippen LogP contribution is 2.30. The van der Waals surface area contributed by atoms with Crippen molar-refractivity contribution in [3.63, 3.8) is 0 Å². The first-order chi connectivity index (χ1) is 9.20. The predicted molar refractivity (Wildman–Crippen MR) is 80.5 cm³/mol. The fourth-order valence-electron chi connectivity index (χ4n) is 4.34. The fourth-order valence-corrected chi connectivity index (χ4v) is 4.34. The zero-order chi connectivity index (χ0) is 13.3. The van der Waals surface area contributed by atoms with Gasteiger partial charge in [-0.05, 0) is 71.6 Å². The molecule has 3 rings (SSSR count). The van der Waals surface area contributed by atoms with Crippen LogP contribution in [0.1, 0.15) is 52.4 Å². The van der Waals surface area contributed by atoms with Gasteiger partial charge in [-0.3, -0.25) is 4.90 Å². The Hall–Kier alpha value is -0.120. The Balaban J connectivity index is 1.64. The normalized spacial score (nSPS) is 42.0. The van der Waals surface area contributed by atoms with Gasteiger partial charge in [0.05, 0.1) is 0 Å². The van der Waals surface area contributed by atoms with E-state index in [9.17, 15) is 0 Å². The van der Waals surface area contributed by atoms with Crippen molar-refractivity contribution in [1.82, 2.24) is 15.1 Å². The summed E-state index contributed by atoms with van der Waals surface area (Å²) in [6, 6.07) is 1.76. The van der Waals surface area contributed by atoms with E-state index in [1.165, 1.54) is 71.2 Å². The molecular formula is C16H31N3. The molecule has 0 radical (unpaired) electrons. The predicted octanol–water partition coefficient (Wildman–Crippen LogP) is 2.08. The minimum atomic E-state index is 0.337. The quantitative estimate of drug-likeness (QED) is 0.825. The molecule has 0 amide bonds. The van der Waals surface area contributed by atoms with Crippen LogP contribution < -0.4 is 5.32 Å². The summed E-state index contributed by atoms with van der Waals surface area (Å²) >= 11 is 0. The van der Waals surface area contributed by atoms with Crippen LogP contribution in [-0.2, 0) is 0 Å². The molecule has 0 aliphatic carbocycles. The Labute approximate surface area is 118 Å². The maximum atomic E-state index is 3.77. The minimum absolute atomic E-state index is 0.337. The molecule has 3 fully saturated rings. The summed E-state index contributed by atoms with van der Waals surface area (Å²) in [7, 11) is 0. The molecule has 3 unspecified atom stereocenters. The van der Waals surface area contributed by atoms with Crippen molar-refractivity contribution in [3.05, 3.63) is 0 Å². The van der Waals surface area contributed by atoms with Gasteiger partial charge in [-0.25, -0.2) is 0 Å². The van der Waals surface area contributed by atoms with E-state index in [1.54, 1.807) is 0 Å². The van der Waals surface area contributed by atoms with Gasteiger partial charge >= 0.3 is 0 Å². The fraction of sp³-hybridized carbons (Fsp3) is 1.00. The third kappa shape index (κ3) is 2.98. The number of hydrogen-bond donors (Lipinski definition) is 1. The van der Waals surface area contributed by atoms with Crippen molar-refractivity contribution >= 4 is 0 Å². The van der Waals surface area contributed by atoms with Crippen molar-refractivity contribution in [1.29, 1.82) is 0 Å². The summed E-state index contributed by atoms with van der Waals surface area (Å²) in [5.41, 5.74) is 0.337. The molecule has 0 spiro atoms. The second-order valence-electron chi connectivity index (χ2n) is 7.18. The topological polar surface area (TPSA) is 18.5 Å². The summed E-state index contributed by atoms with van der Waals surface area (Å²) in [5, 5.41) is 3.77. The summed E-state index contributed by atoms with van der Waals surface area (Å²) in [6.07, 6.45) is 8.28. The number of rotatable bonds is 2. The molecule has 19 heavy (non-hydrogen) atoms. The highest BCUT2D eigenvalue weighted by molar-refractivity contribution is 4.95. The van der Waals surface area contributed by atoms with E-state index in [-0.39, 0.29) is 0 Å². The molecule has 1 N–H and O–H groups in total. The monoisotopic (exact) mass is 265 g/mol. The second-order valence-corrected chi connectivity index (χ2v) is 7.18. The Morgan fingerprint density at radius 2 is 1.84 bits per heavy atom. The largest absolute Gasteiger partial charge is 0.310 e. The van der Waals surface area contributed by atoms with Crippen LogP contribution in [0.3, 0.4) is 0 Å². The van der Waals surface area contributed by atoms with Crippen LogP contribution in [0.5, 0.6) is 0 Å². The summed E-state index contributed by atoms with van der Waals surface area (Å²) in [6.45, 7) is 11.2. The van der Waals surface area contributed by atoms with E-state index in [0.29, 0.717) is 5.54 Å². The van der Waals surface area contributed by atoms with E-state index in [4.69, 9.17) is 0 Å². The summed E-state index contributed by atoms with van der Waals surface area (Å²) < 4.78 is 0. The average molecular weight is 265 g/mol. The standard InChI is InChI=1S/C16H31N3/c1-3-16(2)13-19(10-5-8-17-16)15-7-11-18-9-4-6-14(18)12-15/h14-15,17H,3-13H2,1-2H3. The molecule has 3 heteroatoms. The van der Waals surface area contributed by atoms with Gasteiger partial charge in [-0.1, -0.05) is 6.92 Å². The molecule has 0 aromatic rings. The lowest BCUT2D eigenvalue weighted by Gasteiger charge is -2.43. The van der Waals surface area contributed by atoms with Gasteiger partial charge in [0.15, 0.2) is 0 Å². The van der Waals surface area contributed by atoms with E-state index in [2.05, 4.69) is 29.0 Å². The zero-order valence-electron chi connectivity index (χ0n) is 12.8. The highest BCUT2D eigenvalue weighted by Gasteiger charge is 2.36. The average Bonchev–Trinajstić information content (AvgIpc) is 2.80. The van der Waals surface area contributed by atoms with Crippen molar-refractivity contribution in [3.8, 4) is 0 Å². The summed E-state index contributed by atoms with van der Waals surface area (Å²) in [4.78, 5) is 5.56. The molecule has 3 heterocycles. The van der Waals surface area contributed by atoms with Gasteiger partial charge in [0.1, 0.15) is 0 Å². The van der Waals surface area contributed by atoms with Crippen LogP contribution in [0.15, 0.2) is 0 Å². The lowest BCUT2D eigenvalue weighted by molar-refractivity contribution is 0.0754. The van der Waals surface area contributed by atoms with Gasteiger partial charge < -0.3 is 10.2 Å². The minimum Gasteiger partial charge on any atom is -0.310 e. The molecule has 3 atom stereocenters. The van der Waals surface area contributed by atoms with Crippen molar-refractivity contribution in [2.24, 2.45) is 0 Å². The SMILES string of the molecule is CCC1(C)CN(C2CCN3CCCC3C2)CCCN1. The molecule has 110 valence electrons. The smallest absolute Gasteiger partial charge is 0.0277 e. The van der Waals surface area contributed by atoms with Gasteiger partial charge in [0.2, 0.25) is 0 Å². The zero-order valence-corrected chi connectivity index (χ0v) is 12.8. The molecular weight excluding hydrogens is 234 g/mol. The molecule has 3 aliphatic rings. The molecule has 0 aromatic carbocycles. The molecule has 3 saturated heterocycles. The number of piperidine rings is 1. The van der Waals surface area contributed by atoms with Gasteiger partial charge in [0.25, 0.3) is 0 Å². The van der Waals surface area contributed by atoms with Gasteiger partial charge in [-0.2, -0.15) is 0 Å². The lowest BCUT2D eigenvalue weighted by Crippen LogP contribution is -2.53. The number of nitrogens with zero attached hydrogens (tertiary/aromatic N) is 2. The molecule has 0 aromatic heterocycles. The van der Waals surface area contributed by atoms with E-state index < -0.39 is 0 Å². The van der Waals surface area contributed by atoms with Crippen LogP contribution >= 0.6 is 0 Å². The van der Waals surface area contributed by atoms with E-state index >= 15 is 0 Å². The van der Waals surface area contributed by atoms with Crippen LogP contribution in [0.2, 0.25) is 0 Å². The molecule has 3 aliphatic heterocycles. The van der Waals surface area contributed by atoms with Crippen LogP contribution in [0.25, 0.3) is 0 Å². The molecule has 3 nitrogen and oxygen atoms in total. The lowest BCUT2D eigenvalue weighted by atomic mass is 9.93. The summed E-state index contributed by atoms with van der Waals surface area (Å²) in [5.74, 6) is 0. The Bertz CT molecular complexity index is 306. The maximum Gasteiger partial charge on any atom is 0.0277 e. The van der Waals surface area contributed by atoms with Crippen LogP contribution in [-0.4, -0.2) is 60.1 Å². The highest BCUT2D eigenvalue weighted by atomic mass is 15.3. The molecule has 0 bridgehead atoms. The Morgan fingerprint density at radius 3 is 2.68 bits per heavy atom. The van der Waals surface area contributed by atoms with Crippen molar-refractivity contribution in [2.75, 3.05) is 32.7 Å².